The van der Waals surface area contributed by atoms with Crippen molar-refractivity contribution < 1.29 is 4.42 Å². The Morgan fingerprint density at radius 3 is 2.57 bits per heavy atom. The van der Waals surface area contributed by atoms with Gasteiger partial charge in [0.15, 0.2) is 5.58 Å². The summed E-state index contributed by atoms with van der Waals surface area (Å²) in [5.41, 5.74) is 8.77. The Bertz CT molecular complexity index is 606. The zero-order valence-corrected chi connectivity index (χ0v) is 13.1. The van der Waals surface area contributed by atoms with Gasteiger partial charge in [-0.1, -0.05) is 32.8 Å². The third kappa shape index (κ3) is 2.77. The summed E-state index contributed by atoms with van der Waals surface area (Å²) in [6.07, 6.45) is 5.14. The number of hydrogen-bond donors (Lipinski definition) is 1. The molecular weight excluding hydrogens is 262 g/mol. The van der Waals surface area contributed by atoms with Crippen LogP contribution in [0.3, 0.4) is 0 Å². The van der Waals surface area contributed by atoms with Crippen molar-refractivity contribution in [3.8, 4) is 0 Å². The molecule has 1 saturated heterocycles. The van der Waals surface area contributed by atoms with Gasteiger partial charge in [-0.15, -0.1) is 0 Å². The van der Waals surface area contributed by atoms with Crippen LogP contribution in [0.4, 0.5) is 5.69 Å². The molecule has 2 aromatic rings. The molecule has 1 aromatic carbocycles. The first-order chi connectivity index (χ1) is 10.2. The molecule has 0 spiro atoms. The number of hydrogen-bond acceptors (Lipinski definition) is 4. The van der Waals surface area contributed by atoms with Crippen molar-refractivity contribution in [2.45, 2.75) is 46.1 Å². The molecule has 21 heavy (non-hydrogen) atoms. The molecule has 0 amide bonds. The van der Waals surface area contributed by atoms with Gasteiger partial charge < -0.3 is 10.2 Å². The van der Waals surface area contributed by atoms with Gasteiger partial charge in [-0.2, -0.15) is 0 Å². The van der Waals surface area contributed by atoms with E-state index in [1.54, 1.807) is 0 Å². The molecule has 2 N–H and O–H groups in total. The first-order valence-corrected chi connectivity index (χ1v) is 8.02. The number of oxazole rings is 1. The van der Waals surface area contributed by atoms with E-state index in [9.17, 15) is 0 Å². The zero-order chi connectivity index (χ0) is 14.9. The van der Waals surface area contributed by atoms with Crippen molar-refractivity contribution in [3.63, 3.8) is 0 Å². The summed E-state index contributed by atoms with van der Waals surface area (Å²) in [7, 11) is 0. The molecule has 0 radical (unpaired) electrons. The van der Waals surface area contributed by atoms with E-state index in [1.165, 1.54) is 25.7 Å². The molecule has 1 fully saturated rings. The fourth-order valence-electron chi connectivity index (χ4n) is 3.42. The highest BCUT2D eigenvalue weighted by molar-refractivity contribution is 5.85. The minimum absolute atomic E-state index is 0.558. The lowest BCUT2D eigenvalue weighted by Gasteiger charge is -2.40. The molecule has 0 aliphatic carbocycles. The smallest absolute Gasteiger partial charge is 0.209 e. The Morgan fingerprint density at radius 1 is 1.24 bits per heavy atom. The van der Waals surface area contributed by atoms with E-state index >= 15 is 0 Å². The lowest BCUT2D eigenvalue weighted by Crippen LogP contribution is -2.39. The standard InChI is InChI=1S/C17H25N3O/c1-3-17(4-2)8-10-20(11-9-17)12-15-19-16-13(18)6-5-7-14(16)21-15/h5-7H,3-4,8-12,18H2,1-2H3. The van der Waals surface area contributed by atoms with Crippen LogP contribution in [0.2, 0.25) is 0 Å². The van der Waals surface area contributed by atoms with Crippen LogP contribution in [0, 0.1) is 5.41 Å². The minimum atomic E-state index is 0.558. The molecule has 1 aliphatic heterocycles. The van der Waals surface area contributed by atoms with Crippen LogP contribution in [0.15, 0.2) is 22.6 Å². The summed E-state index contributed by atoms with van der Waals surface area (Å²) in [4.78, 5) is 7.00. The number of piperidine rings is 1. The number of likely N-dealkylation sites (tertiary alicyclic amines) is 1. The van der Waals surface area contributed by atoms with Crippen molar-refractivity contribution in [2.24, 2.45) is 5.41 Å². The number of aromatic nitrogens is 1. The zero-order valence-electron chi connectivity index (χ0n) is 13.1. The maximum absolute atomic E-state index is 5.94. The van der Waals surface area contributed by atoms with Gasteiger partial charge in [0.25, 0.3) is 0 Å². The number of fused-ring (bicyclic) bond motifs is 1. The van der Waals surface area contributed by atoms with E-state index in [1.807, 2.05) is 18.2 Å². The number of rotatable bonds is 4. The van der Waals surface area contributed by atoms with Crippen molar-refractivity contribution in [1.82, 2.24) is 9.88 Å². The highest BCUT2D eigenvalue weighted by Crippen LogP contribution is 2.38. The lowest BCUT2D eigenvalue weighted by atomic mass is 9.74. The molecule has 3 rings (SSSR count). The number of nitrogens with two attached hydrogens (primary N) is 1. The molecule has 0 atom stereocenters. The van der Waals surface area contributed by atoms with Crippen LogP contribution >= 0.6 is 0 Å². The van der Waals surface area contributed by atoms with Crippen LogP contribution in [-0.2, 0) is 6.54 Å². The Hall–Kier alpha value is -1.55. The van der Waals surface area contributed by atoms with Crippen molar-refractivity contribution in [3.05, 3.63) is 24.1 Å². The first-order valence-electron chi connectivity index (χ1n) is 8.02. The Labute approximate surface area is 126 Å². The molecule has 0 saturated carbocycles. The molecule has 0 bridgehead atoms. The van der Waals surface area contributed by atoms with Crippen molar-refractivity contribution in [1.29, 1.82) is 0 Å². The quantitative estimate of drug-likeness (QED) is 0.869. The summed E-state index contributed by atoms with van der Waals surface area (Å²) in [5.74, 6) is 0.781. The SMILES string of the molecule is CCC1(CC)CCN(Cc2nc3c(N)cccc3o2)CC1. The summed E-state index contributed by atoms with van der Waals surface area (Å²) in [6.45, 7) is 7.70. The third-order valence-electron chi connectivity index (χ3n) is 5.27. The Morgan fingerprint density at radius 2 is 1.95 bits per heavy atom. The average molecular weight is 287 g/mol. The van der Waals surface area contributed by atoms with E-state index in [-0.39, 0.29) is 0 Å². The second-order valence-electron chi connectivity index (χ2n) is 6.28. The number of nitrogens with zero attached hydrogens (tertiary/aromatic N) is 2. The van der Waals surface area contributed by atoms with E-state index in [0.29, 0.717) is 11.1 Å². The molecular formula is C17H25N3O. The monoisotopic (exact) mass is 287 g/mol. The van der Waals surface area contributed by atoms with Crippen LogP contribution in [-0.4, -0.2) is 23.0 Å². The van der Waals surface area contributed by atoms with E-state index in [4.69, 9.17) is 10.2 Å². The minimum Gasteiger partial charge on any atom is -0.439 e. The summed E-state index contributed by atoms with van der Waals surface area (Å²) in [6, 6.07) is 5.70. The van der Waals surface area contributed by atoms with Gasteiger partial charge in [0, 0.05) is 0 Å². The summed E-state index contributed by atoms with van der Waals surface area (Å²) < 4.78 is 5.82. The van der Waals surface area contributed by atoms with Crippen molar-refractivity contribution in [2.75, 3.05) is 18.8 Å². The largest absolute Gasteiger partial charge is 0.439 e. The number of nitrogen functional groups attached to an aromatic ring is 1. The van der Waals surface area contributed by atoms with Crippen molar-refractivity contribution >= 4 is 16.8 Å². The second-order valence-corrected chi connectivity index (χ2v) is 6.28. The Kier molecular flexibility index (Phi) is 3.89. The molecule has 4 heteroatoms. The van der Waals surface area contributed by atoms with Crippen LogP contribution < -0.4 is 5.73 Å². The second kappa shape index (κ2) is 5.68. The van der Waals surface area contributed by atoms with E-state index in [0.717, 1.165) is 36.6 Å². The molecule has 114 valence electrons. The van der Waals surface area contributed by atoms with Gasteiger partial charge in [0.2, 0.25) is 5.89 Å². The molecule has 0 unspecified atom stereocenters. The van der Waals surface area contributed by atoms with E-state index < -0.39 is 0 Å². The fraction of sp³-hybridized carbons (Fsp3) is 0.588. The molecule has 1 aliphatic rings. The van der Waals surface area contributed by atoms with Crippen LogP contribution in [0.1, 0.15) is 45.4 Å². The number of benzene rings is 1. The van der Waals surface area contributed by atoms with Gasteiger partial charge in [0.1, 0.15) is 5.52 Å². The highest BCUT2D eigenvalue weighted by atomic mass is 16.3. The lowest BCUT2D eigenvalue weighted by molar-refractivity contribution is 0.0855. The first kappa shape index (κ1) is 14.4. The number of para-hydroxylation sites is 1. The van der Waals surface area contributed by atoms with Gasteiger partial charge in [-0.25, -0.2) is 4.98 Å². The fourth-order valence-corrected chi connectivity index (χ4v) is 3.42. The molecule has 1 aromatic heterocycles. The summed E-state index contributed by atoms with van der Waals surface area (Å²) in [5, 5.41) is 0. The Balaban J connectivity index is 1.68. The molecule has 4 nitrogen and oxygen atoms in total. The van der Waals surface area contributed by atoms with Gasteiger partial charge >= 0.3 is 0 Å². The average Bonchev–Trinajstić information content (AvgIpc) is 2.92. The highest BCUT2D eigenvalue weighted by Gasteiger charge is 2.31. The topological polar surface area (TPSA) is 55.3 Å². The van der Waals surface area contributed by atoms with Crippen LogP contribution in [0.25, 0.3) is 11.1 Å². The van der Waals surface area contributed by atoms with E-state index in [2.05, 4.69) is 23.7 Å². The predicted molar refractivity (Wildman–Crippen MR) is 85.9 cm³/mol. The molecule has 2 heterocycles. The maximum Gasteiger partial charge on any atom is 0.209 e. The van der Waals surface area contributed by atoms with Gasteiger partial charge in [0.05, 0.1) is 12.2 Å². The third-order valence-corrected chi connectivity index (χ3v) is 5.27. The predicted octanol–water partition coefficient (Wildman–Crippen LogP) is 3.81. The van der Waals surface area contributed by atoms with Crippen LogP contribution in [0.5, 0.6) is 0 Å². The number of anilines is 1. The van der Waals surface area contributed by atoms with Gasteiger partial charge in [-0.05, 0) is 43.5 Å². The normalized spacial score (nSPS) is 19.1. The maximum atomic E-state index is 5.94. The summed E-state index contributed by atoms with van der Waals surface area (Å²) >= 11 is 0. The van der Waals surface area contributed by atoms with Gasteiger partial charge in [-0.3, -0.25) is 4.90 Å².